The van der Waals surface area contributed by atoms with Gasteiger partial charge in [-0.3, -0.25) is 9.59 Å². The summed E-state index contributed by atoms with van der Waals surface area (Å²) in [5, 5.41) is 0. The molecule has 1 aliphatic heterocycles. The Bertz CT molecular complexity index is 882. The quantitative estimate of drug-likeness (QED) is 0.733. The van der Waals surface area contributed by atoms with E-state index in [1.165, 1.54) is 0 Å². The summed E-state index contributed by atoms with van der Waals surface area (Å²) in [7, 11) is 5.12. The molecule has 152 valence electrons. The average molecular weight is 393 g/mol. The van der Waals surface area contributed by atoms with E-state index in [2.05, 4.69) is 4.90 Å². The van der Waals surface area contributed by atoms with Crippen molar-refractivity contribution in [2.45, 2.75) is 0 Å². The van der Waals surface area contributed by atoms with Crippen LogP contribution in [0.1, 0.15) is 15.9 Å². The first-order valence-corrected chi connectivity index (χ1v) is 9.66. The third kappa shape index (κ3) is 4.96. The molecule has 0 N–H and O–H groups in total. The molecule has 0 unspecified atom stereocenters. The minimum atomic E-state index is -0.0375. The molecule has 0 bridgehead atoms. The number of piperazine rings is 1. The number of hydrogen-bond acceptors (Lipinski definition) is 4. The Balaban J connectivity index is 1.56. The second kappa shape index (κ2) is 9.28. The molecule has 0 atom stereocenters. The van der Waals surface area contributed by atoms with E-state index in [4.69, 9.17) is 4.74 Å². The van der Waals surface area contributed by atoms with Gasteiger partial charge in [0.25, 0.3) is 5.91 Å². The zero-order valence-corrected chi connectivity index (χ0v) is 17.2. The van der Waals surface area contributed by atoms with Crippen molar-refractivity contribution in [1.29, 1.82) is 0 Å². The Morgan fingerprint density at radius 3 is 2.24 bits per heavy atom. The number of ether oxygens (including phenoxy) is 1. The SMILES string of the molecule is COc1ccccc1N1CCN(C(=O)/C=C/c2ccc(C(=O)N(C)C)cc2)CC1. The molecule has 1 fully saturated rings. The van der Waals surface area contributed by atoms with Gasteiger partial charge in [0.15, 0.2) is 0 Å². The van der Waals surface area contributed by atoms with Crippen LogP contribution in [0.2, 0.25) is 0 Å². The largest absolute Gasteiger partial charge is 0.495 e. The van der Waals surface area contributed by atoms with Gasteiger partial charge in [-0.05, 0) is 35.9 Å². The zero-order valence-electron chi connectivity index (χ0n) is 17.2. The maximum Gasteiger partial charge on any atom is 0.253 e. The number of hydrogen-bond donors (Lipinski definition) is 0. The van der Waals surface area contributed by atoms with Crippen molar-refractivity contribution in [3.63, 3.8) is 0 Å². The van der Waals surface area contributed by atoms with Gasteiger partial charge in [0.2, 0.25) is 5.91 Å². The van der Waals surface area contributed by atoms with Gasteiger partial charge in [0, 0.05) is 51.9 Å². The Morgan fingerprint density at radius 2 is 1.62 bits per heavy atom. The van der Waals surface area contributed by atoms with Gasteiger partial charge < -0.3 is 19.4 Å². The Kier molecular flexibility index (Phi) is 6.54. The average Bonchev–Trinajstić information content (AvgIpc) is 2.77. The third-order valence-electron chi connectivity index (χ3n) is 5.00. The van der Waals surface area contributed by atoms with Crippen LogP contribution in [0.15, 0.2) is 54.6 Å². The van der Waals surface area contributed by atoms with E-state index in [1.807, 2.05) is 41.3 Å². The number of anilines is 1. The maximum absolute atomic E-state index is 12.5. The predicted octanol–water partition coefficient (Wildman–Crippen LogP) is 2.76. The molecule has 2 amide bonds. The summed E-state index contributed by atoms with van der Waals surface area (Å²) in [5.74, 6) is 0.811. The number of carbonyl (C=O) groups is 2. The molecule has 3 rings (SSSR count). The van der Waals surface area contributed by atoms with Crippen LogP contribution in [-0.2, 0) is 4.79 Å². The van der Waals surface area contributed by atoms with Crippen LogP contribution in [0.3, 0.4) is 0 Å². The normalized spacial score (nSPS) is 14.2. The van der Waals surface area contributed by atoms with Crippen molar-refractivity contribution in [1.82, 2.24) is 9.80 Å². The van der Waals surface area contributed by atoms with E-state index in [0.29, 0.717) is 18.7 Å². The summed E-state index contributed by atoms with van der Waals surface area (Å²) >= 11 is 0. The van der Waals surface area contributed by atoms with Gasteiger partial charge >= 0.3 is 0 Å². The summed E-state index contributed by atoms with van der Waals surface area (Å²) in [6.07, 6.45) is 3.39. The lowest BCUT2D eigenvalue weighted by Crippen LogP contribution is -2.48. The van der Waals surface area contributed by atoms with Crippen molar-refractivity contribution in [2.24, 2.45) is 0 Å². The molecule has 2 aromatic rings. The topological polar surface area (TPSA) is 53.1 Å². The summed E-state index contributed by atoms with van der Waals surface area (Å²) in [6.45, 7) is 2.86. The van der Waals surface area contributed by atoms with Gasteiger partial charge in [-0.2, -0.15) is 0 Å². The van der Waals surface area contributed by atoms with Gasteiger partial charge in [-0.25, -0.2) is 0 Å². The summed E-state index contributed by atoms with van der Waals surface area (Å²) in [4.78, 5) is 30.1. The third-order valence-corrected chi connectivity index (χ3v) is 5.00. The standard InChI is InChI=1S/C23H27N3O3/c1-24(2)23(28)19-11-8-18(9-12-19)10-13-22(27)26-16-14-25(15-17-26)20-6-4-5-7-21(20)29-3/h4-13H,14-17H2,1-3H3/b13-10+. The summed E-state index contributed by atoms with van der Waals surface area (Å²) in [5.41, 5.74) is 2.58. The lowest BCUT2D eigenvalue weighted by atomic mass is 10.1. The number of carbonyl (C=O) groups excluding carboxylic acids is 2. The van der Waals surface area contributed by atoms with Crippen molar-refractivity contribution >= 4 is 23.6 Å². The lowest BCUT2D eigenvalue weighted by molar-refractivity contribution is -0.126. The molecule has 6 nitrogen and oxygen atoms in total. The highest BCUT2D eigenvalue weighted by molar-refractivity contribution is 5.94. The van der Waals surface area contributed by atoms with Crippen molar-refractivity contribution < 1.29 is 14.3 Å². The Labute approximate surface area is 172 Å². The fourth-order valence-electron chi connectivity index (χ4n) is 3.33. The predicted molar refractivity (Wildman–Crippen MR) is 115 cm³/mol. The number of methoxy groups -OCH3 is 1. The molecule has 2 aromatic carbocycles. The summed E-state index contributed by atoms with van der Waals surface area (Å²) in [6, 6.07) is 15.2. The minimum absolute atomic E-state index is 0.00174. The second-order valence-electron chi connectivity index (χ2n) is 7.14. The van der Waals surface area contributed by atoms with Crippen LogP contribution < -0.4 is 9.64 Å². The monoisotopic (exact) mass is 393 g/mol. The van der Waals surface area contributed by atoms with Crippen molar-refractivity contribution in [2.75, 3.05) is 52.3 Å². The first-order chi connectivity index (χ1) is 14.0. The smallest absolute Gasteiger partial charge is 0.253 e. The molecular formula is C23H27N3O3. The Morgan fingerprint density at radius 1 is 0.966 bits per heavy atom. The number of para-hydroxylation sites is 2. The lowest BCUT2D eigenvalue weighted by Gasteiger charge is -2.36. The van der Waals surface area contributed by atoms with E-state index in [0.717, 1.165) is 30.1 Å². The van der Waals surface area contributed by atoms with Gasteiger partial charge in [0.05, 0.1) is 12.8 Å². The van der Waals surface area contributed by atoms with E-state index in [9.17, 15) is 9.59 Å². The molecular weight excluding hydrogens is 366 g/mol. The zero-order chi connectivity index (χ0) is 20.8. The molecule has 0 aliphatic carbocycles. The number of nitrogens with zero attached hydrogens (tertiary/aromatic N) is 3. The van der Waals surface area contributed by atoms with Crippen LogP contribution in [0, 0.1) is 0 Å². The first kappa shape index (κ1) is 20.5. The van der Waals surface area contributed by atoms with Crippen molar-refractivity contribution in [3.05, 3.63) is 65.7 Å². The van der Waals surface area contributed by atoms with Crippen LogP contribution in [0.4, 0.5) is 5.69 Å². The molecule has 0 saturated carbocycles. The molecule has 6 heteroatoms. The number of rotatable bonds is 5. The number of amides is 2. The van der Waals surface area contributed by atoms with Gasteiger partial charge in [-0.15, -0.1) is 0 Å². The molecule has 1 saturated heterocycles. The van der Waals surface area contributed by atoms with Crippen LogP contribution >= 0.6 is 0 Å². The maximum atomic E-state index is 12.5. The second-order valence-corrected chi connectivity index (χ2v) is 7.14. The van der Waals surface area contributed by atoms with Crippen LogP contribution in [-0.4, -0.2) is 69.0 Å². The molecule has 1 heterocycles. The summed E-state index contributed by atoms with van der Waals surface area (Å²) < 4.78 is 5.44. The first-order valence-electron chi connectivity index (χ1n) is 9.66. The van der Waals surface area contributed by atoms with E-state index < -0.39 is 0 Å². The van der Waals surface area contributed by atoms with Crippen LogP contribution in [0.25, 0.3) is 6.08 Å². The highest BCUT2D eigenvalue weighted by Crippen LogP contribution is 2.28. The van der Waals surface area contributed by atoms with Gasteiger partial charge in [-0.1, -0.05) is 24.3 Å². The minimum Gasteiger partial charge on any atom is -0.495 e. The molecule has 0 spiro atoms. The molecule has 0 radical (unpaired) electrons. The molecule has 1 aliphatic rings. The van der Waals surface area contributed by atoms with E-state index >= 15 is 0 Å². The van der Waals surface area contributed by atoms with Gasteiger partial charge in [0.1, 0.15) is 5.75 Å². The molecule has 29 heavy (non-hydrogen) atoms. The van der Waals surface area contributed by atoms with Crippen LogP contribution in [0.5, 0.6) is 5.75 Å². The van der Waals surface area contributed by atoms with E-state index in [-0.39, 0.29) is 11.8 Å². The molecule has 0 aromatic heterocycles. The van der Waals surface area contributed by atoms with E-state index in [1.54, 1.807) is 50.4 Å². The highest BCUT2D eigenvalue weighted by atomic mass is 16.5. The fraction of sp³-hybridized carbons (Fsp3) is 0.304. The Hall–Kier alpha value is -3.28. The highest BCUT2D eigenvalue weighted by Gasteiger charge is 2.21. The van der Waals surface area contributed by atoms with Crippen molar-refractivity contribution in [3.8, 4) is 5.75 Å². The fourth-order valence-corrected chi connectivity index (χ4v) is 3.33. The number of benzene rings is 2.